The fourth-order valence-corrected chi connectivity index (χ4v) is 2.34. The predicted molar refractivity (Wildman–Crippen MR) is 57.7 cm³/mol. The largest absolute Gasteiger partial charge is 0.294 e. The Morgan fingerprint density at radius 3 is 2.42 bits per heavy atom. The van der Waals surface area contributed by atoms with Crippen LogP contribution in [0.1, 0.15) is 39.0 Å². The molecule has 0 bridgehead atoms. The van der Waals surface area contributed by atoms with E-state index in [0.29, 0.717) is 0 Å². The first-order valence-corrected chi connectivity index (χ1v) is 5.83. The molecule has 1 nitrogen and oxygen atoms in total. The molecule has 0 aromatic heterocycles. The molecule has 1 saturated carbocycles. The standard InChI is InChI=1S/C10H21NS/c1-2-11(9-12)8-10-6-4-3-5-7-10/h10,12H,2-9H2,1H3. The van der Waals surface area contributed by atoms with E-state index < -0.39 is 0 Å². The summed E-state index contributed by atoms with van der Waals surface area (Å²) in [6.07, 6.45) is 7.27. The number of thiol groups is 1. The van der Waals surface area contributed by atoms with E-state index in [0.717, 1.165) is 18.3 Å². The third kappa shape index (κ3) is 3.36. The van der Waals surface area contributed by atoms with Crippen molar-refractivity contribution in [3.63, 3.8) is 0 Å². The van der Waals surface area contributed by atoms with E-state index >= 15 is 0 Å². The van der Waals surface area contributed by atoms with E-state index in [2.05, 4.69) is 24.5 Å². The highest BCUT2D eigenvalue weighted by Gasteiger charge is 2.15. The maximum absolute atomic E-state index is 4.32. The van der Waals surface area contributed by atoms with E-state index in [1.807, 2.05) is 0 Å². The third-order valence-electron chi connectivity index (χ3n) is 2.89. The topological polar surface area (TPSA) is 3.24 Å². The Balaban J connectivity index is 2.18. The van der Waals surface area contributed by atoms with Gasteiger partial charge in [0.15, 0.2) is 0 Å². The molecule has 72 valence electrons. The lowest BCUT2D eigenvalue weighted by Gasteiger charge is -2.27. The molecule has 2 heteroatoms. The minimum absolute atomic E-state index is 0.924. The van der Waals surface area contributed by atoms with Crippen LogP contribution in [0.25, 0.3) is 0 Å². The highest BCUT2D eigenvalue weighted by Crippen LogP contribution is 2.24. The van der Waals surface area contributed by atoms with Crippen LogP contribution < -0.4 is 0 Å². The van der Waals surface area contributed by atoms with Crippen LogP contribution in [0.15, 0.2) is 0 Å². The lowest BCUT2D eigenvalue weighted by Crippen LogP contribution is -2.29. The van der Waals surface area contributed by atoms with Gasteiger partial charge in [0.25, 0.3) is 0 Å². The quantitative estimate of drug-likeness (QED) is 0.523. The molecule has 0 saturated heterocycles. The molecule has 0 amide bonds. The van der Waals surface area contributed by atoms with Gasteiger partial charge < -0.3 is 0 Å². The molecular weight excluding hydrogens is 166 g/mol. The van der Waals surface area contributed by atoms with Gasteiger partial charge in [-0.3, -0.25) is 4.90 Å². The molecular formula is C10H21NS. The second-order valence-corrected chi connectivity index (χ2v) is 4.10. The van der Waals surface area contributed by atoms with Gasteiger partial charge in [0.1, 0.15) is 0 Å². The van der Waals surface area contributed by atoms with E-state index in [1.165, 1.54) is 38.6 Å². The predicted octanol–water partition coefficient (Wildman–Crippen LogP) is 2.78. The average Bonchev–Trinajstić information content (AvgIpc) is 2.16. The Kier molecular flexibility index (Phi) is 5.08. The molecule has 0 aromatic rings. The highest BCUT2D eigenvalue weighted by molar-refractivity contribution is 7.80. The molecule has 1 rings (SSSR count). The van der Waals surface area contributed by atoms with Crippen molar-refractivity contribution in [2.75, 3.05) is 19.0 Å². The summed E-state index contributed by atoms with van der Waals surface area (Å²) in [5.74, 6) is 1.89. The van der Waals surface area contributed by atoms with Crippen LogP contribution in [-0.2, 0) is 0 Å². The number of nitrogens with zero attached hydrogens (tertiary/aromatic N) is 1. The molecule has 0 unspecified atom stereocenters. The third-order valence-corrected chi connectivity index (χ3v) is 3.29. The van der Waals surface area contributed by atoms with E-state index in [1.54, 1.807) is 0 Å². The van der Waals surface area contributed by atoms with E-state index in [-0.39, 0.29) is 0 Å². The zero-order chi connectivity index (χ0) is 8.81. The van der Waals surface area contributed by atoms with Crippen molar-refractivity contribution in [3.05, 3.63) is 0 Å². The van der Waals surface area contributed by atoms with E-state index in [9.17, 15) is 0 Å². The van der Waals surface area contributed by atoms with Gasteiger partial charge in [-0.2, -0.15) is 12.6 Å². The summed E-state index contributed by atoms with van der Waals surface area (Å²) in [4.78, 5) is 2.43. The Morgan fingerprint density at radius 2 is 1.92 bits per heavy atom. The van der Waals surface area contributed by atoms with Crippen LogP contribution >= 0.6 is 12.6 Å². The molecule has 0 aliphatic heterocycles. The summed E-state index contributed by atoms with van der Waals surface area (Å²) in [7, 11) is 0. The number of hydrogen-bond acceptors (Lipinski definition) is 2. The maximum Gasteiger partial charge on any atom is 0.0414 e. The van der Waals surface area contributed by atoms with E-state index in [4.69, 9.17) is 0 Å². The second-order valence-electron chi connectivity index (χ2n) is 3.82. The lowest BCUT2D eigenvalue weighted by atomic mass is 9.89. The summed E-state index contributed by atoms with van der Waals surface area (Å²) in [6.45, 7) is 4.65. The number of rotatable bonds is 4. The summed E-state index contributed by atoms with van der Waals surface area (Å²) < 4.78 is 0. The zero-order valence-corrected chi connectivity index (χ0v) is 9.02. The van der Waals surface area contributed by atoms with Gasteiger partial charge in [-0.05, 0) is 25.3 Å². The minimum Gasteiger partial charge on any atom is -0.294 e. The van der Waals surface area contributed by atoms with Crippen LogP contribution in [0, 0.1) is 5.92 Å². The zero-order valence-electron chi connectivity index (χ0n) is 8.13. The van der Waals surface area contributed by atoms with Gasteiger partial charge in [-0.25, -0.2) is 0 Å². The Hall–Kier alpha value is 0.310. The molecule has 1 aliphatic rings. The van der Waals surface area contributed by atoms with Gasteiger partial charge in [0.05, 0.1) is 0 Å². The van der Waals surface area contributed by atoms with Crippen molar-refractivity contribution in [2.45, 2.75) is 39.0 Å². The summed E-state index contributed by atoms with van der Waals surface area (Å²) >= 11 is 4.32. The monoisotopic (exact) mass is 187 g/mol. The second kappa shape index (κ2) is 5.87. The Morgan fingerprint density at radius 1 is 1.25 bits per heavy atom. The normalized spacial score (nSPS) is 20.2. The maximum atomic E-state index is 4.32. The van der Waals surface area contributed by atoms with Crippen molar-refractivity contribution in [1.29, 1.82) is 0 Å². The molecule has 1 fully saturated rings. The highest BCUT2D eigenvalue weighted by atomic mass is 32.1. The molecule has 1 aliphatic carbocycles. The Labute approximate surface area is 81.9 Å². The van der Waals surface area contributed by atoms with Crippen LogP contribution in [0.2, 0.25) is 0 Å². The lowest BCUT2D eigenvalue weighted by molar-refractivity contribution is 0.235. The smallest absolute Gasteiger partial charge is 0.0414 e. The van der Waals surface area contributed by atoms with Crippen molar-refractivity contribution in [2.24, 2.45) is 5.92 Å². The summed E-state index contributed by atoms with van der Waals surface area (Å²) in [5.41, 5.74) is 0. The fourth-order valence-electron chi connectivity index (χ4n) is 2.02. The van der Waals surface area contributed by atoms with Crippen LogP contribution in [-0.4, -0.2) is 23.9 Å². The van der Waals surface area contributed by atoms with Crippen molar-refractivity contribution < 1.29 is 0 Å². The van der Waals surface area contributed by atoms with Gasteiger partial charge in [-0.15, -0.1) is 0 Å². The first-order chi connectivity index (χ1) is 5.86. The Bertz CT molecular complexity index is 106. The van der Waals surface area contributed by atoms with Crippen LogP contribution in [0.3, 0.4) is 0 Å². The van der Waals surface area contributed by atoms with Crippen LogP contribution in [0.5, 0.6) is 0 Å². The van der Waals surface area contributed by atoms with Gasteiger partial charge in [0, 0.05) is 12.4 Å². The number of hydrogen-bond donors (Lipinski definition) is 1. The SMILES string of the molecule is CCN(CS)CC1CCCCC1. The molecule has 0 aromatic carbocycles. The molecule has 0 radical (unpaired) electrons. The fraction of sp³-hybridized carbons (Fsp3) is 1.00. The van der Waals surface area contributed by atoms with Gasteiger partial charge >= 0.3 is 0 Å². The van der Waals surface area contributed by atoms with Gasteiger partial charge in [0.2, 0.25) is 0 Å². The van der Waals surface area contributed by atoms with Crippen molar-refractivity contribution in [1.82, 2.24) is 4.90 Å². The molecule has 12 heavy (non-hydrogen) atoms. The molecule has 0 N–H and O–H groups in total. The molecule has 0 heterocycles. The van der Waals surface area contributed by atoms with Crippen molar-refractivity contribution in [3.8, 4) is 0 Å². The summed E-state index contributed by atoms with van der Waals surface area (Å²) in [6, 6.07) is 0. The average molecular weight is 187 g/mol. The first-order valence-electron chi connectivity index (χ1n) is 5.20. The summed E-state index contributed by atoms with van der Waals surface area (Å²) in [5, 5.41) is 0. The molecule has 0 atom stereocenters. The minimum atomic E-state index is 0.924. The molecule has 0 spiro atoms. The first kappa shape index (κ1) is 10.4. The van der Waals surface area contributed by atoms with Crippen LogP contribution in [0.4, 0.5) is 0 Å². The van der Waals surface area contributed by atoms with Gasteiger partial charge in [-0.1, -0.05) is 26.2 Å². The van der Waals surface area contributed by atoms with Crippen molar-refractivity contribution >= 4 is 12.6 Å².